The van der Waals surface area contributed by atoms with Crippen molar-refractivity contribution in [3.8, 4) is 0 Å². The van der Waals surface area contributed by atoms with Crippen LogP contribution in [0.1, 0.15) is 28.2 Å². The average Bonchev–Trinajstić information content (AvgIpc) is 2.94. The third-order valence-corrected chi connectivity index (χ3v) is 3.70. The van der Waals surface area contributed by atoms with E-state index in [1.165, 1.54) is 15.3 Å². The summed E-state index contributed by atoms with van der Waals surface area (Å²) in [6, 6.07) is 2.64. The number of hydrogen-bond donors (Lipinski definition) is 2. The van der Waals surface area contributed by atoms with Gasteiger partial charge in [0.05, 0.1) is 6.54 Å². The van der Waals surface area contributed by atoms with E-state index in [0.717, 1.165) is 19.4 Å². The summed E-state index contributed by atoms with van der Waals surface area (Å²) in [6.45, 7) is 5.44. The van der Waals surface area contributed by atoms with Crippen LogP contribution in [0.25, 0.3) is 0 Å². The maximum atomic E-state index is 11.4. The van der Waals surface area contributed by atoms with Gasteiger partial charge in [0, 0.05) is 22.3 Å². The third-order valence-electron chi connectivity index (χ3n) is 2.69. The molecule has 4 heteroatoms. The molecule has 2 N–H and O–H groups in total. The van der Waals surface area contributed by atoms with Gasteiger partial charge in [0.1, 0.15) is 0 Å². The minimum absolute atomic E-state index is 0.118. The van der Waals surface area contributed by atoms with Crippen LogP contribution in [0.3, 0.4) is 0 Å². The average molecular weight is 238 g/mol. The number of nitrogens with one attached hydrogen (secondary N) is 2. The number of amides is 1. The van der Waals surface area contributed by atoms with E-state index >= 15 is 0 Å². The van der Waals surface area contributed by atoms with Crippen molar-refractivity contribution in [2.24, 2.45) is 0 Å². The smallest absolute Gasteiger partial charge is 0.234 e. The van der Waals surface area contributed by atoms with Crippen LogP contribution in [-0.2, 0) is 11.3 Å². The molecule has 0 aromatic carbocycles. The van der Waals surface area contributed by atoms with Crippen LogP contribution in [0.15, 0.2) is 6.07 Å². The van der Waals surface area contributed by atoms with Crippen molar-refractivity contribution in [1.29, 1.82) is 0 Å². The molecule has 1 aliphatic carbocycles. The first-order chi connectivity index (χ1) is 7.65. The Morgan fingerprint density at radius 1 is 1.50 bits per heavy atom. The van der Waals surface area contributed by atoms with Gasteiger partial charge in [-0.25, -0.2) is 0 Å². The van der Waals surface area contributed by atoms with E-state index in [4.69, 9.17) is 0 Å². The molecule has 88 valence electrons. The number of rotatable bonds is 5. The van der Waals surface area contributed by atoms with Gasteiger partial charge in [-0.3, -0.25) is 4.79 Å². The van der Waals surface area contributed by atoms with Crippen molar-refractivity contribution in [2.45, 2.75) is 39.3 Å². The van der Waals surface area contributed by atoms with Crippen LogP contribution < -0.4 is 10.6 Å². The highest BCUT2D eigenvalue weighted by Crippen LogP contribution is 2.20. The van der Waals surface area contributed by atoms with E-state index in [-0.39, 0.29) is 5.91 Å². The molecule has 1 heterocycles. The van der Waals surface area contributed by atoms with Gasteiger partial charge in [-0.2, -0.15) is 0 Å². The maximum Gasteiger partial charge on any atom is 0.234 e. The van der Waals surface area contributed by atoms with Crippen LogP contribution in [0.4, 0.5) is 0 Å². The highest BCUT2D eigenvalue weighted by Gasteiger charge is 2.22. The van der Waals surface area contributed by atoms with E-state index in [0.29, 0.717) is 12.6 Å². The molecule has 1 aromatic heterocycles. The van der Waals surface area contributed by atoms with Crippen molar-refractivity contribution in [2.75, 3.05) is 6.54 Å². The molecule has 0 bridgehead atoms. The van der Waals surface area contributed by atoms with E-state index in [2.05, 4.69) is 30.5 Å². The number of carbonyl (C=O) groups excluding carboxylic acids is 1. The van der Waals surface area contributed by atoms with Gasteiger partial charge in [-0.1, -0.05) is 0 Å². The highest BCUT2D eigenvalue weighted by molar-refractivity contribution is 7.12. The van der Waals surface area contributed by atoms with Crippen molar-refractivity contribution in [1.82, 2.24) is 10.6 Å². The van der Waals surface area contributed by atoms with E-state index in [1.54, 1.807) is 0 Å². The molecule has 1 amide bonds. The zero-order valence-corrected chi connectivity index (χ0v) is 10.6. The van der Waals surface area contributed by atoms with Crippen molar-refractivity contribution < 1.29 is 4.79 Å². The van der Waals surface area contributed by atoms with Crippen molar-refractivity contribution in [3.63, 3.8) is 0 Å². The lowest BCUT2D eigenvalue weighted by Gasteiger charge is -2.05. The Balaban J connectivity index is 1.70. The van der Waals surface area contributed by atoms with Gasteiger partial charge >= 0.3 is 0 Å². The normalized spacial score (nSPS) is 15.1. The second-order valence-electron chi connectivity index (χ2n) is 4.38. The Morgan fingerprint density at radius 3 is 2.81 bits per heavy atom. The lowest BCUT2D eigenvalue weighted by atomic mass is 10.2. The quantitative estimate of drug-likeness (QED) is 0.820. The number of thiophene rings is 1. The molecule has 1 saturated carbocycles. The lowest BCUT2D eigenvalue weighted by Crippen LogP contribution is -2.34. The first kappa shape index (κ1) is 11.6. The van der Waals surface area contributed by atoms with Crippen LogP contribution in [0.2, 0.25) is 0 Å². The molecular formula is C12H18N2OS. The summed E-state index contributed by atoms with van der Waals surface area (Å²) in [4.78, 5) is 14.1. The summed E-state index contributed by atoms with van der Waals surface area (Å²) in [6.07, 6.45) is 2.29. The largest absolute Gasteiger partial charge is 0.352 e. The Bertz CT molecular complexity index is 382. The van der Waals surface area contributed by atoms with Crippen molar-refractivity contribution in [3.05, 3.63) is 21.4 Å². The Hall–Kier alpha value is -0.870. The number of hydrogen-bond acceptors (Lipinski definition) is 3. The van der Waals surface area contributed by atoms with Crippen LogP contribution in [-0.4, -0.2) is 18.5 Å². The van der Waals surface area contributed by atoms with E-state index in [9.17, 15) is 4.79 Å². The second-order valence-corrected chi connectivity index (χ2v) is 5.84. The predicted molar refractivity (Wildman–Crippen MR) is 66.7 cm³/mol. The van der Waals surface area contributed by atoms with Crippen LogP contribution >= 0.6 is 11.3 Å². The van der Waals surface area contributed by atoms with E-state index < -0.39 is 0 Å². The minimum atomic E-state index is 0.118. The summed E-state index contributed by atoms with van der Waals surface area (Å²) in [5.41, 5.74) is 1.31. The van der Waals surface area contributed by atoms with Gasteiger partial charge < -0.3 is 10.6 Å². The Kier molecular flexibility index (Phi) is 3.61. The monoisotopic (exact) mass is 238 g/mol. The van der Waals surface area contributed by atoms with E-state index in [1.807, 2.05) is 11.3 Å². The molecule has 1 fully saturated rings. The third kappa shape index (κ3) is 3.32. The Labute approximate surface area is 100 Å². The lowest BCUT2D eigenvalue weighted by molar-refractivity contribution is -0.120. The number of aryl methyl sites for hydroxylation is 2. The summed E-state index contributed by atoms with van der Waals surface area (Å²) < 4.78 is 0. The molecule has 0 atom stereocenters. The Morgan fingerprint density at radius 2 is 2.25 bits per heavy atom. The first-order valence-electron chi connectivity index (χ1n) is 5.71. The molecule has 2 rings (SSSR count). The molecule has 0 aliphatic heterocycles. The molecule has 3 nitrogen and oxygen atoms in total. The zero-order chi connectivity index (χ0) is 11.5. The maximum absolute atomic E-state index is 11.4. The molecule has 0 spiro atoms. The highest BCUT2D eigenvalue weighted by atomic mass is 32.1. The minimum Gasteiger partial charge on any atom is -0.352 e. The SMILES string of the molecule is Cc1cc(CNCC(=O)NC2CC2)c(C)s1. The molecule has 16 heavy (non-hydrogen) atoms. The fraction of sp³-hybridized carbons (Fsp3) is 0.583. The summed E-state index contributed by atoms with van der Waals surface area (Å²) in [5, 5.41) is 6.14. The fourth-order valence-corrected chi connectivity index (χ4v) is 2.62. The van der Waals surface area contributed by atoms with Crippen molar-refractivity contribution >= 4 is 17.2 Å². The predicted octanol–water partition coefficient (Wildman–Crippen LogP) is 1.73. The molecule has 0 saturated heterocycles. The molecule has 1 aromatic rings. The molecule has 1 aliphatic rings. The van der Waals surface area contributed by atoms with Gasteiger partial charge in [-0.15, -0.1) is 11.3 Å². The summed E-state index contributed by atoms with van der Waals surface area (Å²) in [5.74, 6) is 0.118. The van der Waals surface area contributed by atoms with Gasteiger partial charge in [0.25, 0.3) is 0 Å². The van der Waals surface area contributed by atoms with Gasteiger partial charge in [0.15, 0.2) is 0 Å². The van der Waals surface area contributed by atoms with Gasteiger partial charge in [-0.05, 0) is 38.3 Å². The molecule has 0 unspecified atom stereocenters. The zero-order valence-electron chi connectivity index (χ0n) is 9.80. The van der Waals surface area contributed by atoms with Gasteiger partial charge in [0.2, 0.25) is 5.91 Å². The first-order valence-corrected chi connectivity index (χ1v) is 6.53. The number of carbonyl (C=O) groups is 1. The summed E-state index contributed by atoms with van der Waals surface area (Å²) >= 11 is 1.81. The molecule has 0 radical (unpaired) electrons. The van der Waals surface area contributed by atoms with Crippen LogP contribution in [0.5, 0.6) is 0 Å². The molecular weight excluding hydrogens is 220 g/mol. The topological polar surface area (TPSA) is 41.1 Å². The standard InChI is InChI=1S/C12H18N2OS/c1-8-5-10(9(2)16-8)6-13-7-12(15)14-11-3-4-11/h5,11,13H,3-4,6-7H2,1-2H3,(H,14,15). The summed E-state index contributed by atoms with van der Waals surface area (Å²) in [7, 11) is 0. The van der Waals surface area contributed by atoms with Crippen LogP contribution in [0, 0.1) is 13.8 Å². The fourth-order valence-electron chi connectivity index (χ4n) is 1.68. The second kappa shape index (κ2) is 4.97.